The predicted octanol–water partition coefficient (Wildman–Crippen LogP) is 1.81. The van der Waals surface area contributed by atoms with Gasteiger partial charge >= 0.3 is 5.97 Å². The molecule has 0 saturated heterocycles. The fourth-order valence-corrected chi connectivity index (χ4v) is 2.74. The Labute approximate surface area is 89.5 Å². The van der Waals surface area contributed by atoms with Crippen molar-refractivity contribution in [2.75, 3.05) is 5.75 Å². The average Bonchev–Trinajstić information content (AvgIpc) is 2.53. The second-order valence-corrected chi connectivity index (χ2v) is 5.59. The van der Waals surface area contributed by atoms with Gasteiger partial charge in [-0.05, 0) is 25.3 Å². The first-order valence-electron chi connectivity index (χ1n) is 4.21. The van der Waals surface area contributed by atoms with Gasteiger partial charge in [0.15, 0.2) is 0 Å². The summed E-state index contributed by atoms with van der Waals surface area (Å²) in [6.45, 7) is 3.54. The van der Waals surface area contributed by atoms with Gasteiger partial charge in [0.05, 0.1) is 21.1 Å². The first-order chi connectivity index (χ1) is 6.59. The lowest BCUT2D eigenvalue weighted by molar-refractivity contribution is -0.144. The Bertz CT molecular complexity index is 317. The molecule has 1 atom stereocenters. The van der Waals surface area contributed by atoms with Crippen LogP contribution < -0.4 is 0 Å². The molecule has 0 bridgehead atoms. The van der Waals surface area contributed by atoms with Gasteiger partial charge in [0.2, 0.25) is 0 Å². The minimum Gasteiger partial charge on any atom is -0.462 e. The van der Waals surface area contributed by atoms with Gasteiger partial charge in [0.25, 0.3) is 0 Å². The number of carbonyl (C=O) groups excluding carboxylic acids is 1. The summed E-state index contributed by atoms with van der Waals surface area (Å²) in [6.07, 6.45) is -0.150. The SMILES string of the molecule is CC(C)OC(=O)CS(=O)c1cccs1. The topological polar surface area (TPSA) is 43.4 Å². The smallest absolute Gasteiger partial charge is 0.319 e. The summed E-state index contributed by atoms with van der Waals surface area (Å²) in [5, 5.41) is 1.83. The van der Waals surface area contributed by atoms with Gasteiger partial charge in [-0.3, -0.25) is 9.00 Å². The van der Waals surface area contributed by atoms with Crippen molar-refractivity contribution in [3.8, 4) is 0 Å². The summed E-state index contributed by atoms with van der Waals surface area (Å²) >= 11 is 1.38. The first kappa shape index (κ1) is 11.4. The third-order valence-corrected chi connectivity index (χ3v) is 3.93. The quantitative estimate of drug-likeness (QED) is 0.744. The Hall–Kier alpha value is -0.680. The molecule has 1 heterocycles. The summed E-state index contributed by atoms with van der Waals surface area (Å²) < 4.78 is 17.1. The molecule has 0 aliphatic heterocycles. The number of esters is 1. The van der Waals surface area contributed by atoms with E-state index in [4.69, 9.17) is 4.74 Å². The van der Waals surface area contributed by atoms with E-state index in [2.05, 4.69) is 0 Å². The number of thiophene rings is 1. The van der Waals surface area contributed by atoms with Gasteiger partial charge in [-0.1, -0.05) is 6.07 Å². The molecule has 0 saturated carbocycles. The highest BCUT2D eigenvalue weighted by Gasteiger charge is 2.12. The predicted molar refractivity (Wildman–Crippen MR) is 56.8 cm³/mol. The van der Waals surface area contributed by atoms with Crippen molar-refractivity contribution < 1.29 is 13.7 Å². The number of hydrogen-bond acceptors (Lipinski definition) is 4. The molecular formula is C9H12O3S2. The molecule has 14 heavy (non-hydrogen) atoms. The van der Waals surface area contributed by atoms with E-state index in [0.29, 0.717) is 4.21 Å². The van der Waals surface area contributed by atoms with Gasteiger partial charge in [0, 0.05) is 0 Å². The van der Waals surface area contributed by atoms with Crippen molar-refractivity contribution in [1.82, 2.24) is 0 Å². The van der Waals surface area contributed by atoms with E-state index in [9.17, 15) is 9.00 Å². The number of carbonyl (C=O) groups is 1. The lowest BCUT2D eigenvalue weighted by atomic mass is 10.5. The molecule has 0 fully saturated rings. The first-order valence-corrected chi connectivity index (χ1v) is 6.41. The molecule has 78 valence electrons. The third kappa shape index (κ3) is 3.59. The average molecular weight is 232 g/mol. The van der Waals surface area contributed by atoms with Gasteiger partial charge in [0.1, 0.15) is 5.75 Å². The molecule has 1 unspecified atom stereocenters. The Morgan fingerprint density at radius 1 is 1.64 bits per heavy atom. The largest absolute Gasteiger partial charge is 0.462 e. The highest BCUT2D eigenvalue weighted by atomic mass is 32.2. The molecule has 0 aliphatic carbocycles. The van der Waals surface area contributed by atoms with Gasteiger partial charge < -0.3 is 4.74 Å². The van der Waals surface area contributed by atoms with E-state index >= 15 is 0 Å². The second-order valence-electron chi connectivity index (χ2n) is 2.96. The maximum Gasteiger partial charge on any atom is 0.319 e. The van der Waals surface area contributed by atoms with Crippen molar-refractivity contribution in [3.63, 3.8) is 0 Å². The zero-order valence-electron chi connectivity index (χ0n) is 8.06. The second kappa shape index (κ2) is 5.26. The molecule has 1 rings (SSSR count). The molecule has 0 N–H and O–H groups in total. The van der Waals surface area contributed by atoms with Crippen LogP contribution in [-0.4, -0.2) is 22.0 Å². The third-order valence-electron chi connectivity index (χ3n) is 1.34. The fourth-order valence-electron chi connectivity index (χ4n) is 0.868. The number of hydrogen-bond donors (Lipinski definition) is 0. The minimum absolute atomic E-state index is 0.0569. The number of rotatable bonds is 4. The molecule has 0 spiro atoms. The van der Waals surface area contributed by atoms with Crippen LogP contribution in [0.4, 0.5) is 0 Å². The van der Waals surface area contributed by atoms with Crippen molar-refractivity contribution in [1.29, 1.82) is 0 Å². The van der Waals surface area contributed by atoms with Crippen LogP contribution in [0, 0.1) is 0 Å². The maximum atomic E-state index is 11.5. The summed E-state index contributed by atoms with van der Waals surface area (Å²) in [5.74, 6) is -0.467. The summed E-state index contributed by atoms with van der Waals surface area (Å²) in [5.41, 5.74) is 0. The van der Waals surface area contributed by atoms with E-state index in [-0.39, 0.29) is 11.9 Å². The highest BCUT2D eigenvalue weighted by molar-refractivity contribution is 7.88. The van der Waals surface area contributed by atoms with Crippen molar-refractivity contribution >= 4 is 28.1 Å². The molecule has 0 aliphatic rings. The Morgan fingerprint density at radius 2 is 2.36 bits per heavy atom. The van der Waals surface area contributed by atoms with Crippen LogP contribution in [0.1, 0.15) is 13.8 Å². The Kier molecular flexibility index (Phi) is 4.28. The zero-order valence-corrected chi connectivity index (χ0v) is 9.69. The summed E-state index contributed by atoms with van der Waals surface area (Å²) in [4.78, 5) is 11.1. The van der Waals surface area contributed by atoms with E-state index in [1.54, 1.807) is 19.9 Å². The van der Waals surface area contributed by atoms with Gasteiger partial charge in [-0.2, -0.15) is 0 Å². The van der Waals surface area contributed by atoms with Crippen LogP contribution in [0.2, 0.25) is 0 Å². The van der Waals surface area contributed by atoms with Crippen molar-refractivity contribution in [2.45, 2.75) is 24.2 Å². The molecule has 0 aromatic carbocycles. The van der Waals surface area contributed by atoms with E-state index in [0.717, 1.165) is 0 Å². The van der Waals surface area contributed by atoms with Crippen LogP contribution in [0.3, 0.4) is 0 Å². The number of ether oxygens (including phenoxy) is 1. The van der Waals surface area contributed by atoms with Crippen LogP contribution >= 0.6 is 11.3 Å². The zero-order chi connectivity index (χ0) is 10.6. The standard InChI is InChI=1S/C9H12O3S2/c1-7(2)12-8(10)6-14(11)9-4-3-5-13-9/h3-5,7H,6H2,1-2H3. The maximum absolute atomic E-state index is 11.5. The molecule has 3 nitrogen and oxygen atoms in total. The molecular weight excluding hydrogens is 220 g/mol. The monoisotopic (exact) mass is 232 g/mol. The highest BCUT2D eigenvalue weighted by Crippen LogP contribution is 2.14. The van der Waals surface area contributed by atoms with Gasteiger partial charge in [-0.15, -0.1) is 11.3 Å². The fraction of sp³-hybridized carbons (Fsp3) is 0.444. The Balaban J connectivity index is 2.46. The molecule has 5 heteroatoms. The van der Waals surface area contributed by atoms with Crippen LogP contribution in [0.5, 0.6) is 0 Å². The summed E-state index contributed by atoms with van der Waals surface area (Å²) in [6, 6.07) is 3.56. The van der Waals surface area contributed by atoms with E-state index < -0.39 is 16.8 Å². The van der Waals surface area contributed by atoms with E-state index in [1.807, 2.05) is 11.4 Å². The minimum atomic E-state index is -1.25. The van der Waals surface area contributed by atoms with Crippen LogP contribution in [0.15, 0.2) is 21.7 Å². The lowest BCUT2D eigenvalue weighted by Crippen LogP contribution is -2.17. The normalized spacial score (nSPS) is 12.8. The molecule has 0 radical (unpaired) electrons. The van der Waals surface area contributed by atoms with Crippen LogP contribution in [-0.2, 0) is 20.3 Å². The van der Waals surface area contributed by atoms with Crippen molar-refractivity contribution in [3.05, 3.63) is 17.5 Å². The molecule has 1 aromatic heterocycles. The van der Waals surface area contributed by atoms with Gasteiger partial charge in [-0.25, -0.2) is 0 Å². The Morgan fingerprint density at radius 3 is 2.86 bits per heavy atom. The van der Waals surface area contributed by atoms with Crippen LogP contribution in [0.25, 0.3) is 0 Å². The van der Waals surface area contributed by atoms with E-state index in [1.165, 1.54) is 11.3 Å². The lowest BCUT2D eigenvalue weighted by Gasteiger charge is -2.06. The van der Waals surface area contributed by atoms with Crippen molar-refractivity contribution in [2.24, 2.45) is 0 Å². The summed E-state index contributed by atoms with van der Waals surface area (Å²) in [7, 11) is -1.25. The molecule has 1 aromatic rings. The molecule has 0 amide bonds.